The summed E-state index contributed by atoms with van der Waals surface area (Å²) < 4.78 is 29.0. The molecule has 0 amide bonds. The Hall–Kier alpha value is 0.507. The maximum absolute atomic E-state index is 10.3. The molecule has 64 valence electrons. The van der Waals surface area contributed by atoms with E-state index in [-0.39, 0.29) is 32.0 Å². The van der Waals surface area contributed by atoms with Crippen LogP contribution in [0.5, 0.6) is 0 Å². The molecule has 5 heteroatoms. The summed E-state index contributed by atoms with van der Waals surface area (Å²) in [6.45, 7) is 5.66. The topological polar surface area (TPSA) is 54.4 Å². The standard InChI is InChI=1S/C6H14O3S.Li.H/c1-5(2)6(3)4-10(7,8)9;;/h5-6H,4H2,1-3H3,(H,7,8,9);;/q;+1;-1. The van der Waals surface area contributed by atoms with Crippen LogP contribution in [0.3, 0.4) is 0 Å². The molecule has 0 aliphatic rings. The Morgan fingerprint density at radius 3 is 1.82 bits per heavy atom. The Labute approximate surface area is 82.0 Å². The largest absolute Gasteiger partial charge is 1.00 e. The molecule has 1 N–H and O–H groups in total. The van der Waals surface area contributed by atoms with Crippen molar-refractivity contribution < 1.29 is 33.3 Å². The average Bonchev–Trinajstić information content (AvgIpc) is 1.60. The molecule has 0 spiro atoms. The third kappa shape index (κ3) is 8.41. The Balaban J connectivity index is -0.000000405. The first kappa shape index (κ1) is 14.1. The summed E-state index contributed by atoms with van der Waals surface area (Å²) in [6.07, 6.45) is 0. The number of rotatable bonds is 3. The third-order valence-corrected chi connectivity index (χ3v) is 2.56. The van der Waals surface area contributed by atoms with Gasteiger partial charge in [-0.05, 0) is 11.8 Å². The van der Waals surface area contributed by atoms with E-state index in [1.165, 1.54) is 0 Å². The van der Waals surface area contributed by atoms with Gasteiger partial charge >= 0.3 is 18.9 Å². The van der Waals surface area contributed by atoms with Crippen molar-refractivity contribution in [2.24, 2.45) is 11.8 Å². The van der Waals surface area contributed by atoms with Crippen LogP contribution in [0.2, 0.25) is 0 Å². The molecule has 0 aromatic rings. The molecule has 0 heterocycles. The SMILES string of the molecule is CC(C)C(C)CS(=O)(=O)O.[H-].[Li+]. The van der Waals surface area contributed by atoms with E-state index in [1.807, 2.05) is 13.8 Å². The van der Waals surface area contributed by atoms with Gasteiger partial charge in [-0.3, -0.25) is 4.55 Å². The number of hydrogen-bond donors (Lipinski definition) is 1. The summed E-state index contributed by atoms with van der Waals surface area (Å²) in [6, 6.07) is 0. The Morgan fingerprint density at radius 2 is 1.73 bits per heavy atom. The van der Waals surface area contributed by atoms with Crippen molar-refractivity contribution >= 4 is 10.1 Å². The van der Waals surface area contributed by atoms with Crippen LogP contribution in [0.15, 0.2) is 0 Å². The van der Waals surface area contributed by atoms with Gasteiger partial charge in [0.2, 0.25) is 0 Å². The van der Waals surface area contributed by atoms with Gasteiger partial charge in [0.25, 0.3) is 10.1 Å². The second-order valence-corrected chi connectivity index (χ2v) is 4.47. The molecule has 0 radical (unpaired) electrons. The van der Waals surface area contributed by atoms with Crippen LogP contribution >= 0.6 is 0 Å². The van der Waals surface area contributed by atoms with E-state index in [0.717, 1.165) is 0 Å². The Kier molecular flexibility index (Phi) is 6.65. The normalized spacial score (nSPS) is 14.3. The zero-order valence-electron chi connectivity index (χ0n) is 8.53. The van der Waals surface area contributed by atoms with Gasteiger partial charge in [0, 0.05) is 0 Å². The fraction of sp³-hybridized carbons (Fsp3) is 1.00. The minimum Gasteiger partial charge on any atom is -1.00 e. The van der Waals surface area contributed by atoms with E-state index in [2.05, 4.69) is 0 Å². The fourth-order valence-electron chi connectivity index (χ4n) is 0.525. The summed E-state index contributed by atoms with van der Waals surface area (Å²) >= 11 is 0. The number of hydrogen-bond acceptors (Lipinski definition) is 2. The van der Waals surface area contributed by atoms with Crippen LogP contribution in [-0.4, -0.2) is 18.7 Å². The quantitative estimate of drug-likeness (QED) is 0.409. The molecule has 0 bridgehead atoms. The van der Waals surface area contributed by atoms with Crippen LogP contribution in [-0.2, 0) is 10.1 Å². The second kappa shape index (κ2) is 5.21. The van der Waals surface area contributed by atoms with E-state index in [1.54, 1.807) is 6.92 Å². The van der Waals surface area contributed by atoms with Crippen molar-refractivity contribution in [1.29, 1.82) is 0 Å². The van der Waals surface area contributed by atoms with Crippen LogP contribution in [0.25, 0.3) is 0 Å². The fourth-order valence-corrected chi connectivity index (χ4v) is 1.57. The molecule has 0 aliphatic heterocycles. The first-order valence-electron chi connectivity index (χ1n) is 3.28. The molecule has 0 aliphatic carbocycles. The Morgan fingerprint density at radius 1 is 1.36 bits per heavy atom. The van der Waals surface area contributed by atoms with Crippen molar-refractivity contribution in [3.8, 4) is 0 Å². The second-order valence-electron chi connectivity index (χ2n) is 2.97. The van der Waals surface area contributed by atoms with Gasteiger partial charge in [-0.2, -0.15) is 8.42 Å². The molecule has 0 rings (SSSR count). The predicted molar refractivity (Wildman–Crippen MR) is 41.5 cm³/mol. The minimum atomic E-state index is -3.77. The Bertz CT molecular complexity index is 191. The minimum absolute atomic E-state index is 0. The molecule has 0 saturated carbocycles. The van der Waals surface area contributed by atoms with E-state index >= 15 is 0 Å². The molecule has 3 nitrogen and oxygen atoms in total. The van der Waals surface area contributed by atoms with Gasteiger partial charge in [0.1, 0.15) is 0 Å². The van der Waals surface area contributed by atoms with Crippen molar-refractivity contribution in [2.45, 2.75) is 20.8 Å². The van der Waals surface area contributed by atoms with E-state index < -0.39 is 10.1 Å². The van der Waals surface area contributed by atoms with Gasteiger partial charge in [0.05, 0.1) is 5.75 Å². The van der Waals surface area contributed by atoms with Gasteiger partial charge in [-0.15, -0.1) is 0 Å². The van der Waals surface area contributed by atoms with Crippen LogP contribution in [0.4, 0.5) is 0 Å². The summed E-state index contributed by atoms with van der Waals surface area (Å²) in [5.74, 6) is 0.182. The van der Waals surface area contributed by atoms with Gasteiger partial charge in [0.15, 0.2) is 0 Å². The zero-order valence-corrected chi connectivity index (χ0v) is 8.35. The first-order valence-corrected chi connectivity index (χ1v) is 4.89. The predicted octanol–water partition coefficient (Wildman–Crippen LogP) is -1.72. The average molecular weight is 174 g/mol. The smallest absolute Gasteiger partial charge is 1.00 e. The molecule has 1 unspecified atom stereocenters. The van der Waals surface area contributed by atoms with Crippen LogP contribution in [0.1, 0.15) is 22.2 Å². The maximum Gasteiger partial charge on any atom is 1.00 e. The zero-order chi connectivity index (χ0) is 8.36. The summed E-state index contributed by atoms with van der Waals surface area (Å²) in [5, 5.41) is 0. The monoisotopic (exact) mass is 174 g/mol. The summed E-state index contributed by atoms with van der Waals surface area (Å²) in [4.78, 5) is 0. The third-order valence-electron chi connectivity index (χ3n) is 1.61. The van der Waals surface area contributed by atoms with Crippen molar-refractivity contribution in [2.75, 3.05) is 5.75 Å². The molecule has 0 aromatic heterocycles. The summed E-state index contributed by atoms with van der Waals surface area (Å²) in [7, 11) is -3.77. The van der Waals surface area contributed by atoms with E-state index in [9.17, 15) is 8.42 Å². The van der Waals surface area contributed by atoms with Crippen LogP contribution in [0, 0.1) is 11.8 Å². The van der Waals surface area contributed by atoms with Gasteiger partial charge in [-0.25, -0.2) is 0 Å². The molecule has 0 aromatic carbocycles. The molecular formula is C6H15LiO3S. The molecule has 11 heavy (non-hydrogen) atoms. The van der Waals surface area contributed by atoms with Gasteiger partial charge < -0.3 is 1.43 Å². The van der Waals surface area contributed by atoms with Crippen molar-refractivity contribution in [1.82, 2.24) is 0 Å². The van der Waals surface area contributed by atoms with Gasteiger partial charge in [-0.1, -0.05) is 20.8 Å². The molecule has 1 atom stereocenters. The molecule has 0 saturated heterocycles. The van der Waals surface area contributed by atoms with Crippen molar-refractivity contribution in [3.05, 3.63) is 0 Å². The van der Waals surface area contributed by atoms with E-state index in [0.29, 0.717) is 5.92 Å². The van der Waals surface area contributed by atoms with Crippen molar-refractivity contribution in [3.63, 3.8) is 0 Å². The molecular weight excluding hydrogens is 159 g/mol. The summed E-state index contributed by atoms with van der Waals surface area (Å²) in [5.41, 5.74) is 0. The first-order chi connectivity index (χ1) is 4.33. The maximum atomic E-state index is 10.3. The van der Waals surface area contributed by atoms with E-state index in [4.69, 9.17) is 4.55 Å². The molecule has 0 fully saturated rings. The van der Waals surface area contributed by atoms with Crippen LogP contribution < -0.4 is 18.9 Å².